The molecule has 0 aromatic heterocycles. The fourth-order valence-electron chi connectivity index (χ4n) is 1.67. The zero-order valence-corrected chi connectivity index (χ0v) is 12.8. The van der Waals surface area contributed by atoms with Crippen LogP contribution in [0.3, 0.4) is 0 Å². The van der Waals surface area contributed by atoms with Crippen molar-refractivity contribution < 1.29 is 4.74 Å². The molecule has 0 N–H and O–H groups in total. The number of ether oxygens (including phenoxy) is 1. The van der Waals surface area contributed by atoms with Gasteiger partial charge in [-0.3, -0.25) is 0 Å². The molecule has 21 heavy (non-hydrogen) atoms. The highest BCUT2D eigenvalue weighted by molar-refractivity contribution is 8.03. The van der Waals surface area contributed by atoms with Crippen molar-refractivity contribution in [2.75, 3.05) is 0 Å². The Bertz CT molecular complexity index is 595. The van der Waals surface area contributed by atoms with Crippen LogP contribution in [-0.2, 0) is 11.5 Å². The summed E-state index contributed by atoms with van der Waals surface area (Å²) in [5.41, 5.74) is 2.19. The fraction of sp³-hybridized carbons (Fsp3) is 0.125. The van der Waals surface area contributed by atoms with Crippen LogP contribution in [0, 0.1) is 21.3 Å². The number of rotatable bonds is 6. The Labute approximate surface area is 132 Å². The lowest BCUT2D eigenvalue weighted by Crippen LogP contribution is -1.86. The van der Waals surface area contributed by atoms with Crippen LogP contribution in [0.4, 0.5) is 0 Å². The number of nitrogens with zero attached hydrogens (tertiary/aromatic N) is 2. The molecule has 0 saturated heterocycles. The normalized spacial score (nSPS) is 9.62. The minimum atomic E-state index is 0.683. The van der Waals surface area contributed by atoms with E-state index in [1.807, 2.05) is 48.5 Å². The Kier molecular flexibility index (Phi) is 6.02. The third-order valence-corrected chi connectivity index (χ3v) is 3.90. The molecular formula is C16H12N2OS2. The molecule has 0 aliphatic heterocycles. The van der Waals surface area contributed by atoms with Gasteiger partial charge in [0.15, 0.2) is 0 Å². The molecule has 0 amide bonds. The zero-order chi connectivity index (χ0) is 14.9. The van der Waals surface area contributed by atoms with Gasteiger partial charge in [-0.2, -0.15) is 10.5 Å². The molecule has 0 heterocycles. The lowest BCUT2D eigenvalue weighted by molar-refractivity contribution is 0.482. The molecule has 104 valence electrons. The standard InChI is InChI=1S/C16H12N2OS2/c17-11-20-9-13-1-5-15(6-2-13)19-16-7-3-14(4-8-16)10-21-12-18/h1-8H,9-10H2. The first-order valence-corrected chi connectivity index (χ1v) is 8.16. The highest BCUT2D eigenvalue weighted by Gasteiger charge is 2.00. The number of nitriles is 2. The van der Waals surface area contributed by atoms with Crippen molar-refractivity contribution in [1.29, 1.82) is 10.5 Å². The second kappa shape index (κ2) is 8.26. The quantitative estimate of drug-likeness (QED) is 0.709. The number of hydrogen-bond donors (Lipinski definition) is 0. The summed E-state index contributed by atoms with van der Waals surface area (Å²) in [5, 5.41) is 21.2. The summed E-state index contributed by atoms with van der Waals surface area (Å²) >= 11 is 2.44. The maximum absolute atomic E-state index is 8.52. The van der Waals surface area contributed by atoms with Crippen LogP contribution in [0.15, 0.2) is 48.5 Å². The average Bonchev–Trinajstić information content (AvgIpc) is 2.53. The maximum atomic E-state index is 8.52. The molecule has 5 heteroatoms. The van der Waals surface area contributed by atoms with Crippen molar-refractivity contribution in [1.82, 2.24) is 0 Å². The molecule has 0 aliphatic rings. The highest BCUT2D eigenvalue weighted by atomic mass is 32.2. The van der Waals surface area contributed by atoms with E-state index >= 15 is 0 Å². The summed E-state index contributed by atoms with van der Waals surface area (Å²) in [6, 6.07) is 15.4. The van der Waals surface area contributed by atoms with Crippen LogP contribution in [-0.4, -0.2) is 0 Å². The van der Waals surface area contributed by atoms with E-state index in [1.165, 1.54) is 23.5 Å². The second-order valence-corrected chi connectivity index (χ2v) is 5.67. The molecule has 0 fully saturated rings. The molecule has 0 saturated carbocycles. The van der Waals surface area contributed by atoms with Gasteiger partial charge in [-0.15, -0.1) is 0 Å². The number of benzene rings is 2. The average molecular weight is 312 g/mol. The van der Waals surface area contributed by atoms with Gasteiger partial charge in [-0.25, -0.2) is 0 Å². The van der Waals surface area contributed by atoms with Crippen molar-refractivity contribution in [3.63, 3.8) is 0 Å². The van der Waals surface area contributed by atoms with Gasteiger partial charge in [0.2, 0.25) is 0 Å². The van der Waals surface area contributed by atoms with E-state index < -0.39 is 0 Å². The van der Waals surface area contributed by atoms with Gasteiger partial charge in [0.1, 0.15) is 22.3 Å². The summed E-state index contributed by atoms with van der Waals surface area (Å²) in [7, 11) is 0. The summed E-state index contributed by atoms with van der Waals surface area (Å²) in [5.74, 6) is 2.89. The highest BCUT2D eigenvalue weighted by Crippen LogP contribution is 2.24. The van der Waals surface area contributed by atoms with Crippen molar-refractivity contribution in [2.45, 2.75) is 11.5 Å². The summed E-state index contributed by atoms with van der Waals surface area (Å²) in [4.78, 5) is 0. The summed E-state index contributed by atoms with van der Waals surface area (Å²) < 4.78 is 5.75. The van der Waals surface area contributed by atoms with E-state index in [0.29, 0.717) is 11.5 Å². The Morgan fingerprint density at radius 3 is 1.43 bits per heavy atom. The van der Waals surface area contributed by atoms with Crippen LogP contribution >= 0.6 is 23.5 Å². The van der Waals surface area contributed by atoms with Gasteiger partial charge in [0.25, 0.3) is 0 Å². The minimum Gasteiger partial charge on any atom is -0.457 e. The van der Waals surface area contributed by atoms with Gasteiger partial charge >= 0.3 is 0 Å². The molecule has 2 rings (SSSR count). The van der Waals surface area contributed by atoms with E-state index in [0.717, 1.165) is 22.6 Å². The van der Waals surface area contributed by atoms with Gasteiger partial charge in [0.05, 0.1) is 0 Å². The topological polar surface area (TPSA) is 56.8 Å². The first-order chi connectivity index (χ1) is 10.3. The minimum absolute atomic E-state index is 0.683. The Balaban J connectivity index is 1.95. The van der Waals surface area contributed by atoms with Crippen LogP contribution < -0.4 is 4.74 Å². The predicted molar refractivity (Wildman–Crippen MR) is 86.8 cm³/mol. The molecule has 0 atom stereocenters. The van der Waals surface area contributed by atoms with Gasteiger partial charge < -0.3 is 4.74 Å². The molecule has 2 aromatic carbocycles. The van der Waals surface area contributed by atoms with Crippen LogP contribution in [0.2, 0.25) is 0 Å². The molecular weight excluding hydrogens is 300 g/mol. The predicted octanol–water partition coefficient (Wildman–Crippen LogP) is 4.91. The Morgan fingerprint density at radius 1 is 0.714 bits per heavy atom. The number of hydrogen-bond acceptors (Lipinski definition) is 5. The van der Waals surface area contributed by atoms with Gasteiger partial charge in [-0.1, -0.05) is 24.3 Å². The zero-order valence-electron chi connectivity index (χ0n) is 11.2. The molecule has 0 unspecified atom stereocenters. The van der Waals surface area contributed by atoms with Crippen molar-refractivity contribution in [2.24, 2.45) is 0 Å². The number of thiocyanates is 2. The SMILES string of the molecule is N#CSCc1ccc(Oc2ccc(CSC#N)cc2)cc1. The van der Waals surface area contributed by atoms with Crippen LogP contribution in [0.25, 0.3) is 0 Å². The molecule has 0 radical (unpaired) electrons. The van der Waals surface area contributed by atoms with Crippen molar-refractivity contribution >= 4 is 23.5 Å². The molecule has 3 nitrogen and oxygen atoms in total. The maximum Gasteiger partial charge on any atom is 0.133 e. The molecule has 0 bridgehead atoms. The monoisotopic (exact) mass is 312 g/mol. The second-order valence-electron chi connectivity index (χ2n) is 4.15. The van der Waals surface area contributed by atoms with Crippen molar-refractivity contribution in [3.05, 3.63) is 59.7 Å². The van der Waals surface area contributed by atoms with Crippen LogP contribution in [0.1, 0.15) is 11.1 Å². The smallest absolute Gasteiger partial charge is 0.133 e. The first-order valence-electron chi connectivity index (χ1n) is 6.19. The third-order valence-electron chi connectivity index (χ3n) is 2.69. The largest absolute Gasteiger partial charge is 0.457 e. The van der Waals surface area contributed by atoms with Gasteiger partial charge in [-0.05, 0) is 58.9 Å². The van der Waals surface area contributed by atoms with E-state index in [2.05, 4.69) is 10.8 Å². The molecule has 0 aliphatic carbocycles. The third kappa shape index (κ3) is 5.07. The van der Waals surface area contributed by atoms with Gasteiger partial charge in [0, 0.05) is 11.5 Å². The fourth-order valence-corrected chi connectivity index (χ4v) is 2.52. The molecule has 2 aromatic rings. The van der Waals surface area contributed by atoms with Crippen LogP contribution in [0.5, 0.6) is 11.5 Å². The Morgan fingerprint density at radius 2 is 1.10 bits per heavy atom. The van der Waals surface area contributed by atoms with E-state index in [-0.39, 0.29) is 0 Å². The summed E-state index contributed by atoms with van der Waals surface area (Å²) in [6.07, 6.45) is 0. The van der Waals surface area contributed by atoms with E-state index in [4.69, 9.17) is 15.3 Å². The van der Waals surface area contributed by atoms with E-state index in [9.17, 15) is 0 Å². The summed E-state index contributed by atoms with van der Waals surface area (Å²) in [6.45, 7) is 0. The van der Waals surface area contributed by atoms with E-state index in [1.54, 1.807) is 0 Å². The number of thioether (sulfide) groups is 2. The molecule has 0 spiro atoms. The Hall–Kier alpha value is -2.08. The lowest BCUT2D eigenvalue weighted by atomic mass is 10.2. The lowest BCUT2D eigenvalue weighted by Gasteiger charge is -2.07. The van der Waals surface area contributed by atoms with Crippen molar-refractivity contribution in [3.8, 4) is 22.3 Å². The first kappa shape index (κ1) is 15.3.